The van der Waals surface area contributed by atoms with E-state index in [1.54, 1.807) is 6.20 Å². The molecule has 19 heavy (non-hydrogen) atoms. The molecule has 0 saturated carbocycles. The molecule has 0 bridgehead atoms. The molecular formula is C12H19N5O2. The average Bonchev–Trinajstić information content (AvgIpc) is 2.39. The lowest BCUT2D eigenvalue weighted by molar-refractivity contribution is -0.114. The Balaban J connectivity index is 2.27. The summed E-state index contributed by atoms with van der Waals surface area (Å²) in [6.07, 6.45) is 1.65. The van der Waals surface area contributed by atoms with Crippen LogP contribution in [0.5, 0.6) is 0 Å². The molecule has 0 aromatic carbocycles. The predicted molar refractivity (Wildman–Crippen MR) is 73.7 cm³/mol. The van der Waals surface area contributed by atoms with Crippen LogP contribution < -0.4 is 15.1 Å². The SMILES string of the molecule is CC(=O)Nc1cnc(N2CCOCC2)nc1N(C)C. The van der Waals surface area contributed by atoms with Crippen molar-refractivity contribution in [3.8, 4) is 0 Å². The van der Waals surface area contributed by atoms with E-state index in [1.807, 2.05) is 19.0 Å². The van der Waals surface area contributed by atoms with Crippen molar-refractivity contribution in [2.24, 2.45) is 0 Å². The molecule has 2 rings (SSSR count). The zero-order valence-electron chi connectivity index (χ0n) is 11.5. The highest BCUT2D eigenvalue weighted by molar-refractivity contribution is 5.91. The molecule has 1 saturated heterocycles. The van der Waals surface area contributed by atoms with Crippen LogP contribution in [-0.4, -0.2) is 56.3 Å². The molecule has 104 valence electrons. The minimum atomic E-state index is -0.133. The number of rotatable bonds is 3. The number of aromatic nitrogens is 2. The highest BCUT2D eigenvalue weighted by atomic mass is 16.5. The van der Waals surface area contributed by atoms with Gasteiger partial charge in [-0.15, -0.1) is 0 Å². The van der Waals surface area contributed by atoms with Crippen molar-refractivity contribution in [3.63, 3.8) is 0 Å². The molecule has 1 aliphatic rings. The van der Waals surface area contributed by atoms with Gasteiger partial charge in [0.2, 0.25) is 11.9 Å². The molecule has 0 unspecified atom stereocenters. The summed E-state index contributed by atoms with van der Waals surface area (Å²) in [5, 5.41) is 2.74. The van der Waals surface area contributed by atoms with E-state index in [1.165, 1.54) is 6.92 Å². The molecule has 1 aromatic heterocycles. The van der Waals surface area contributed by atoms with Crippen molar-refractivity contribution < 1.29 is 9.53 Å². The fourth-order valence-electron chi connectivity index (χ4n) is 1.90. The highest BCUT2D eigenvalue weighted by Gasteiger charge is 2.17. The second kappa shape index (κ2) is 5.83. The lowest BCUT2D eigenvalue weighted by Gasteiger charge is -2.28. The Labute approximate surface area is 112 Å². The quantitative estimate of drug-likeness (QED) is 0.849. The van der Waals surface area contributed by atoms with Gasteiger partial charge in [0.15, 0.2) is 5.82 Å². The third-order valence-electron chi connectivity index (χ3n) is 2.78. The van der Waals surface area contributed by atoms with Crippen molar-refractivity contribution in [2.75, 3.05) is 55.5 Å². The van der Waals surface area contributed by atoms with Crippen molar-refractivity contribution in [1.82, 2.24) is 9.97 Å². The van der Waals surface area contributed by atoms with Crippen LogP contribution in [0.1, 0.15) is 6.92 Å². The number of ether oxygens (including phenoxy) is 1. The molecular weight excluding hydrogens is 246 g/mol. The molecule has 1 aromatic rings. The first kappa shape index (κ1) is 13.5. The van der Waals surface area contributed by atoms with Gasteiger partial charge in [-0.25, -0.2) is 4.98 Å². The zero-order chi connectivity index (χ0) is 13.8. The summed E-state index contributed by atoms with van der Waals surface area (Å²) in [4.78, 5) is 23.9. The topological polar surface area (TPSA) is 70.6 Å². The number of nitrogens with one attached hydrogen (secondary N) is 1. The minimum absolute atomic E-state index is 0.133. The van der Waals surface area contributed by atoms with Gasteiger partial charge in [0.25, 0.3) is 0 Å². The number of amides is 1. The fourth-order valence-corrected chi connectivity index (χ4v) is 1.90. The number of hydrogen-bond acceptors (Lipinski definition) is 6. The summed E-state index contributed by atoms with van der Waals surface area (Å²) < 4.78 is 5.31. The third kappa shape index (κ3) is 3.31. The Morgan fingerprint density at radius 1 is 1.42 bits per heavy atom. The monoisotopic (exact) mass is 265 g/mol. The molecule has 1 fully saturated rings. The molecule has 0 radical (unpaired) electrons. The van der Waals surface area contributed by atoms with Crippen LogP contribution in [-0.2, 0) is 9.53 Å². The van der Waals surface area contributed by atoms with Gasteiger partial charge in [-0.05, 0) is 0 Å². The first-order valence-corrected chi connectivity index (χ1v) is 6.22. The smallest absolute Gasteiger partial charge is 0.227 e. The van der Waals surface area contributed by atoms with E-state index < -0.39 is 0 Å². The Hall–Kier alpha value is -1.89. The van der Waals surface area contributed by atoms with Gasteiger partial charge in [-0.2, -0.15) is 4.98 Å². The van der Waals surface area contributed by atoms with Crippen LogP contribution in [0.2, 0.25) is 0 Å². The molecule has 0 spiro atoms. The Kier molecular flexibility index (Phi) is 4.16. The van der Waals surface area contributed by atoms with Crippen molar-refractivity contribution in [2.45, 2.75) is 6.92 Å². The molecule has 7 heteroatoms. The zero-order valence-corrected chi connectivity index (χ0v) is 11.5. The van der Waals surface area contributed by atoms with E-state index >= 15 is 0 Å². The van der Waals surface area contributed by atoms with Crippen molar-refractivity contribution in [3.05, 3.63) is 6.20 Å². The second-order valence-electron chi connectivity index (χ2n) is 4.58. The summed E-state index contributed by atoms with van der Waals surface area (Å²) in [6, 6.07) is 0. The number of morpholine rings is 1. The van der Waals surface area contributed by atoms with Gasteiger partial charge < -0.3 is 19.9 Å². The van der Waals surface area contributed by atoms with E-state index in [9.17, 15) is 4.79 Å². The largest absolute Gasteiger partial charge is 0.378 e. The van der Waals surface area contributed by atoms with Crippen LogP contribution in [0, 0.1) is 0 Å². The normalized spacial score (nSPS) is 15.2. The van der Waals surface area contributed by atoms with E-state index in [4.69, 9.17) is 4.74 Å². The number of carbonyl (C=O) groups excluding carboxylic acids is 1. The van der Waals surface area contributed by atoms with Crippen molar-refractivity contribution >= 4 is 23.4 Å². The molecule has 1 amide bonds. The highest BCUT2D eigenvalue weighted by Crippen LogP contribution is 2.23. The molecule has 7 nitrogen and oxygen atoms in total. The maximum absolute atomic E-state index is 11.2. The summed E-state index contributed by atoms with van der Waals surface area (Å²) in [5.41, 5.74) is 0.620. The lowest BCUT2D eigenvalue weighted by atomic mass is 10.4. The molecule has 2 heterocycles. The van der Waals surface area contributed by atoms with E-state index in [0.29, 0.717) is 30.7 Å². The van der Waals surface area contributed by atoms with Crippen LogP contribution >= 0.6 is 0 Å². The predicted octanol–water partition coefficient (Wildman–Crippen LogP) is 0.338. The van der Waals surface area contributed by atoms with E-state index in [0.717, 1.165) is 13.1 Å². The van der Waals surface area contributed by atoms with Gasteiger partial charge >= 0.3 is 0 Å². The van der Waals surface area contributed by atoms with Crippen LogP contribution in [0.25, 0.3) is 0 Å². The number of carbonyl (C=O) groups is 1. The van der Waals surface area contributed by atoms with Gasteiger partial charge in [0, 0.05) is 34.1 Å². The number of nitrogens with zero attached hydrogens (tertiary/aromatic N) is 4. The van der Waals surface area contributed by atoms with E-state index in [-0.39, 0.29) is 5.91 Å². The standard InChI is InChI=1S/C12H19N5O2/c1-9(18)14-10-8-13-12(15-11(10)16(2)3)17-4-6-19-7-5-17/h8H,4-7H2,1-3H3,(H,14,18). The first-order valence-electron chi connectivity index (χ1n) is 6.22. The summed E-state index contributed by atoms with van der Waals surface area (Å²) in [5.74, 6) is 1.23. The third-order valence-corrected chi connectivity index (χ3v) is 2.78. The van der Waals surface area contributed by atoms with Crippen LogP contribution in [0.4, 0.5) is 17.5 Å². The average molecular weight is 265 g/mol. The Morgan fingerprint density at radius 2 is 2.11 bits per heavy atom. The molecule has 0 atom stereocenters. The summed E-state index contributed by atoms with van der Waals surface area (Å²) >= 11 is 0. The molecule has 0 aliphatic carbocycles. The Bertz CT molecular complexity index is 457. The van der Waals surface area contributed by atoms with Crippen LogP contribution in [0.3, 0.4) is 0 Å². The van der Waals surface area contributed by atoms with Gasteiger partial charge in [0.1, 0.15) is 5.69 Å². The number of anilines is 3. The maximum atomic E-state index is 11.2. The Morgan fingerprint density at radius 3 is 2.68 bits per heavy atom. The second-order valence-corrected chi connectivity index (χ2v) is 4.58. The molecule has 1 aliphatic heterocycles. The minimum Gasteiger partial charge on any atom is -0.378 e. The lowest BCUT2D eigenvalue weighted by Crippen LogP contribution is -2.37. The van der Waals surface area contributed by atoms with Crippen LogP contribution in [0.15, 0.2) is 6.20 Å². The summed E-state index contributed by atoms with van der Waals surface area (Å²) in [7, 11) is 3.77. The van der Waals surface area contributed by atoms with Gasteiger partial charge in [0.05, 0.1) is 19.4 Å². The van der Waals surface area contributed by atoms with Gasteiger partial charge in [-0.1, -0.05) is 0 Å². The fraction of sp³-hybridized carbons (Fsp3) is 0.583. The first-order chi connectivity index (χ1) is 9.08. The van der Waals surface area contributed by atoms with Gasteiger partial charge in [-0.3, -0.25) is 4.79 Å². The molecule has 1 N–H and O–H groups in total. The van der Waals surface area contributed by atoms with Crippen molar-refractivity contribution in [1.29, 1.82) is 0 Å². The van der Waals surface area contributed by atoms with E-state index in [2.05, 4.69) is 20.2 Å². The number of hydrogen-bond donors (Lipinski definition) is 1. The maximum Gasteiger partial charge on any atom is 0.227 e. The summed E-state index contributed by atoms with van der Waals surface area (Å²) in [6.45, 7) is 4.41.